The molecule has 1 aromatic heterocycles. The molecule has 0 bridgehead atoms. The van der Waals surface area contributed by atoms with E-state index in [2.05, 4.69) is 21.4 Å². The molecule has 0 radical (unpaired) electrons. The lowest BCUT2D eigenvalue weighted by molar-refractivity contribution is 0.508. The summed E-state index contributed by atoms with van der Waals surface area (Å²) >= 11 is 11.2. The monoisotopic (exact) mass is 362 g/mol. The van der Waals surface area contributed by atoms with E-state index in [-0.39, 0.29) is 11.9 Å². The van der Waals surface area contributed by atoms with Crippen LogP contribution >= 0.6 is 38.9 Å². The number of hydrogen-bond donors (Lipinski definition) is 2. The van der Waals surface area contributed by atoms with Crippen molar-refractivity contribution >= 4 is 38.9 Å². The maximum absolute atomic E-state index is 13.7. The van der Waals surface area contributed by atoms with Crippen molar-refractivity contribution in [1.82, 2.24) is 5.43 Å². The van der Waals surface area contributed by atoms with E-state index in [9.17, 15) is 4.39 Å². The predicted octanol–water partition coefficient (Wildman–Crippen LogP) is 3.92. The largest absolute Gasteiger partial charge is 0.271 e. The van der Waals surface area contributed by atoms with Gasteiger partial charge < -0.3 is 0 Å². The van der Waals surface area contributed by atoms with Gasteiger partial charge in [-0.2, -0.15) is 0 Å². The lowest BCUT2D eigenvalue weighted by Crippen LogP contribution is -2.38. The number of hydrogen-bond acceptors (Lipinski definition) is 3. The Hall–Kier alpha value is -0.460. The Kier molecular flexibility index (Phi) is 5.36. The Bertz CT molecular complexity index is 541. The minimum atomic E-state index is -0.294. The second-order valence-corrected chi connectivity index (χ2v) is 6.43. The zero-order chi connectivity index (χ0) is 13.8. The summed E-state index contributed by atoms with van der Waals surface area (Å²) in [5.41, 5.74) is 3.23. The van der Waals surface area contributed by atoms with Crippen LogP contribution in [0, 0.1) is 5.82 Å². The first kappa shape index (κ1) is 14.9. The normalized spacial score (nSPS) is 12.6. The number of thiophene rings is 1. The smallest absolute Gasteiger partial charge is 0.127 e. The summed E-state index contributed by atoms with van der Waals surface area (Å²) in [7, 11) is 0. The van der Waals surface area contributed by atoms with Gasteiger partial charge >= 0.3 is 0 Å². The Balaban J connectivity index is 2.13. The van der Waals surface area contributed by atoms with Gasteiger partial charge in [0, 0.05) is 26.0 Å². The quantitative estimate of drug-likeness (QED) is 0.624. The van der Waals surface area contributed by atoms with Crippen LogP contribution in [0.5, 0.6) is 0 Å². The van der Waals surface area contributed by atoms with Crippen LogP contribution in [0.15, 0.2) is 34.1 Å². The van der Waals surface area contributed by atoms with Crippen molar-refractivity contribution in [2.24, 2.45) is 5.84 Å². The van der Waals surface area contributed by atoms with Gasteiger partial charge in [-0.3, -0.25) is 11.3 Å². The molecule has 19 heavy (non-hydrogen) atoms. The van der Waals surface area contributed by atoms with Crippen molar-refractivity contribution in [3.8, 4) is 0 Å². The number of benzene rings is 1. The first-order valence-corrected chi connectivity index (χ1v) is 7.77. The molecule has 2 aromatic rings. The minimum absolute atomic E-state index is 0.0654. The minimum Gasteiger partial charge on any atom is -0.271 e. The van der Waals surface area contributed by atoms with E-state index in [1.165, 1.54) is 10.9 Å². The van der Waals surface area contributed by atoms with Crippen LogP contribution in [0.1, 0.15) is 10.4 Å². The van der Waals surface area contributed by atoms with E-state index >= 15 is 0 Å². The van der Waals surface area contributed by atoms with Gasteiger partial charge in [-0.25, -0.2) is 4.39 Å². The number of nitrogens with one attached hydrogen (secondary N) is 1. The summed E-state index contributed by atoms with van der Waals surface area (Å²) in [5, 5.41) is 2.44. The highest BCUT2D eigenvalue weighted by atomic mass is 79.9. The SMILES string of the molecule is NNC(Cc1sccc1Br)Cc1c(F)cccc1Cl. The van der Waals surface area contributed by atoms with E-state index in [4.69, 9.17) is 17.4 Å². The molecular weight excluding hydrogens is 351 g/mol. The van der Waals surface area contributed by atoms with E-state index < -0.39 is 0 Å². The van der Waals surface area contributed by atoms with E-state index in [0.29, 0.717) is 17.0 Å². The van der Waals surface area contributed by atoms with E-state index in [1.54, 1.807) is 23.5 Å². The summed E-state index contributed by atoms with van der Waals surface area (Å²) in [4.78, 5) is 1.18. The molecular formula is C13H13BrClFN2S. The van der Waals surface area contributed by atoms with E-state index in [1.807, 2.05) is 11.4 Å². The fraction of sp³-hybridized carbons (Fsp3) is 0.231. The number of rotatable bonds is 5. The molecule has 0 saturated heterocycles. The molecule has 102 valence electrons. The van der Waals surface area contributed by atoms with Gasteiger partial charge in [-0.05, 0) is 52.4 Å². The number of halogens is 3. The van der Waals surface area contributed by atoms with Crippen molar-refractivity contribution in [3.63, 3.8) is 0 Å². The van der Waals surface area contributed by atoms with Gasteiger partial charge in [0.05, 0.1) is 0 Å². The Labute approximate surface area is 128 Å². The molecule has 6 heteroatoms. The van der Waals surface area contributed by atoms with Gasteiger partial charge in [0.15, 0.2) is 0 Å². The number of hydrazine groups is 1. The van der Waals surface area contributed by atoms with Gasteiger partial charge in [0.25, 0.3) is 0 Å². The average Bonchev–Trinajstić information content (AvgIpc) is 2.78. The van der Waals surface area contributed by atoms with Crippen LogP contribution in [0.25, 0.3) is 0 Å². The second-order valence-electron chi connectivity index (χ2n) is 4.16. The molecule has 1 atom stereocenters. The van der Waals surface area contributed by atoms with Gasteiger partial charge in [-0.1, -0.05) is 17.7 Å². The van der Waals surface area contributed by atoms with Crippen LogP contribution in [-0.2, 0) is 12.8 Å². The molecule has 0 spiro atoms. The molecule has 1 aromatic carbocycles. The fourth-order valence-electron chi connectivity index (χ4n) is 1.86. The van der Waals surface area contributed by atoms with Gasteiger partial charge in [0.2, 0.25) is 0 Å². The van der Waals surface area contributed by atoms with Gasteiger partial charge in [-0.15, -0.1) is 11.3 Å². The van der Waals surface area contributed by atoms with Crippen LogP contribution in [0.4, 0.5) is 4.39 Å². The van der Waals surface area contributed by atoms with Crippen LogP contribution in [0.3, 0.4) is 0 Å². The highest BCUT2D eigenvalue weighted by Gasteiger charge is 2.16. The lowest BCUT2D eigenvalue weighted by Gasteiger charge is -2.16. The molecule has 3 N–H and O–H groups in total. The standard InChI is InChI=1S/C13H13BrClFN2S/c14-10-4-5-19-13(10)7-8(18-17)6-9-11(15)2-1-3-12(9)16/h1-5,8,18H,6-7,17H2. The zero-order valence-electron chi connectivity index (χ0n) is 10.00. The topological polar surface area (TPSA) is 38.0 Å². The summed E-state index contributed by atoms with van der Waals surface area (Å²) < 4.78 is 14.8. The van der Waals surface area contributed by atoms with Gasteiger partial charge in [0.1, 0.15) is 5.82 Å². The molecule has 0 aliphatic heterocycles. The number of nitrogens with two attached hydrogens (primary N) is 1. The fourth-order valence-corrected chi connectivity index (χ4v) is 3.69. The molecule has 1 unspecified atom stereocenters. The summed E-state index contributed by atoms with van der Waals surface area (Å²) in [5.74, 6) is 5.27. The average molecular weight is 364 g/mol. The maximum Gasteiger partial charge on any atom is 0.127 e. The Morgan fingerprint density at radius 1 is 1.37 bits per heavy atom. The predicted molar refractivity (Wildman–Crippen MR) is 81.9 cm³/mol. The molecule has 0 aliphatic carbocycles. The highest BCUT2D eigenvalue weighted by Crippen LogP contribution is 2.26. The molecule has 2 nitrogen and oxygen atoms in total. The molecule has 2 rings (SSSR count). The van der Waals surface area contributed by atoms with Crippen LogP contribution < -0.4 is 11.3 Å². The third kappa shape index (κ3) is 3.77. The maximum atomic E-state index is 13.7. The lowest BCUT2D eigenvalue weighted by atomic mass is 10.0. The van der Waals surface area contributed by atoms with Crippen LogP contribution in [0.2, 0.25) is 5.02 Å². The van der Waals surface area contributed by atoms with Crippen LogP contribution in [-0.4, -0.2) is 6.04 Å². The third-order valence-corrected chi connectivity index (χ3v) is 5.17. The first-order valence-electron chi connectivity index (χ1n) is 5.72. The zero-order valence-corrected chi connectivity index (χ0v) is 13.2. The second kappa shape index (κ2) is 6.81. The highest BCUT2D eigenvalue weighted by molar-refractivity contribution is 9.10. The van der Waals surface area contributed by atoms with Crippen molar-refractivity contribution in [2.45, 2.75) is 18.9 Å². The molecule has 1 heterocycles. The Morgan fingerprint density at radius 2 is 2.16 bits per heavy atom. The molecule has 0 saturated carbocycles. The summed E-state index contributed by atoms with van der Waals surface area (Å²) in [6.45, 7) is 0. The first-order chi connectivity index (χ1) is 9.11. The summed E-state index contributed by atoms with van der Waals surface area (Å²) in [6, 6.07) is 6.63. The van der Waals surface area contributed by atoms with Crippen molar-refractivity contribution in [3.05, 3.63) is 55.4 Å². The summed E-state index contributed by atoms with van der Waals surface area (Å²) in [6.07, 6.45) is 1.17. The molecule has 0 fully saturated rings. The molecule has 0 aliphatic rings. The third-order valence-electron chi connectivity index (χ3n) is 2.87. The van der Waals surface area contributed by atoms with E-state index in [0.717, 1.165) is 10.9 Å². The van der Waals surface area contributed by atoms with Crippen molar-refractivity contribution in [2.75, 3.05) is 0 Å². The van der Waals surface area contributed by atoms with Crippen molar-refractivity contribution in [1.29, 1.82) is 0 Å². The van der Waals surface area contributed by atoms with Crippen molar-refractivity contribution < 1.29 is 4.39 Å². The Morgan fingerprint density at radius 3 is 2.74 bits per heavy atom. The molecule has 0 amide bonds.